The zero-order valence-corrected chi connectivity index (χ0v) is 8.89. The highest BCUT2D eigenvalue weighted by atomic mass is 16.2. The number of amides is 1. The van der Waals surface area contributed by atoms with Crippen molar-refractivity contribution in [1.82, 2.24) is 10.6 Å². The van der Waals surface area contributed by atoms with Gasteiger partial charge in [-0.15, -0.1) is 6.42 Å². The summed E-state index contributed by atoms with van der Waals surface area (Å²) in [6, 6.07) is -0.0470. The molecule has 0 radical (unpaired) electrons. The van der Waals surface area contributed by atoms with Crippen LogP contribution in [-0.4, -0.2) is 24.0 Å². The van der Waals surface area contributed by atoms with Crippen molar-refractivity contribution in [3.8, 4) is 12.3 Å². The minimum Gasteiger partial charge on any atom is -0.339 e. The lowest BCUT2D eigenvalue weighted by molar-refractivity contribution is -0.124. The molecule has 0 bridgehead atoms. The van der Waals surface area contributed by atoms with Crippen LogP contribution in [0, 0.1) is 12.3 Å². The van der Waals surface area contributed by atoms with Crippen molar-refractivity contribution in [3.05, 3.63) is 0 Å². The minimum atomic E-state index is -0.499. The Hall–Kier alpha value is -1.01. The first-order valence-corrected chi connectivity index (χ1v) is 5.14. The Morgan fingerprint density at radius 2 is 2.50 bits per heavy atom. The third-order valence-electron chi connectivity index (χ3n) is 2.80. The van der Waals surface area contributed by atoms with Crippen LogP contribution in [0.25, 0.3) is 0 Å². The number of hydrogen-bond donors (Lipinski definition) is 2. The molecule has 0 aromatic heterocycles. The minimum absolute atomic E-state index is 0.0322. The van der Waals surface area contributed by atoms with E-state index in [0.29, 0.717) is 0 Å². The first kappa shape index (κ1) is 11.1. The molecule has 1 unspecified atom stereocenters. The van der Waals surface area contributed by atoms with Gasteiger partial charge in [0.1, 0.15) is 0 Å². The Labute approximate surface area is 85.6 Å². The second-order valence-corrected chi connectivity index (χ2v) is 3.97. The standard InChI is InChI=1S/C11H18N2O/c1-4-11(3,5-2)13-10(14)9-7-6-8-12-9/h1,9,12H,5-8H2,2-3H3,(H,13,14)/t9-,11?/m1/s1. The maximum Gasteiger partial charge on any atom is 0.238 e. The van der Waals surface area contributed by atoms with Crippen molar-refractivity contribution in [2.75, 3.05) is 6.54 Å². The summed E-state index contributed by atoms with van der Waals surface area (Å²) in [5.41, 5.74) is -0.499. The molecule has 0 aliphatic carbocycles. The molecule has 1 heterocycles. The van der Waals surface area contributed by atoms with E-state index >= 15 is 0 Å². The number of carbonyl (C=O) groups is 1. The summed E-state index contributed by atoms with van der Waals surface area (Å²) in [6.45, 7) is 4.78. The molecule has 0 saturated carbocycles. The van der Waals surface area contributed by atoms with E-state index in [0.717, 1.165) is 25.8 Å². The van der Waals surface area contributed by atoms with Gasteiger partial charge in [-0.25, -0.2) is 0 Å². The maximum absolute atomic E-state index is 11.7. The molecular formula is C11H18N2O. The highest BCUT2D eigenvalue weighted by Gasteiger charge is 2.27. The molecule has 2 N–H and O–H groups in total. The lowest BCUT2D eigenvalue weighted by Crippen LogP contribution is -2.50. The quantitative estimate of drug-likeness (QED) is 0.648. The first-order valence-electron chi connectivity index (χ1n) is 5.14. The Bertz CT molecular complexity index is 251. The SMILES string of the molecule is C#CC(C)(CC)NC(=O)[C@H]1CCCN1. The molecule has 1 rings (SSSR count). The topological polar surface area (TPSA) is 41.1 Å². The highest BCUT2D eigenvalue weighted by molar-refractivity contribution is 5.83. The largest absolute Gasteiger partial charge is 0.339 e. The summed E-state index contributed by atoms with van der Waals surface area (Å²) in [5.74, 6) is 2.65. The summed E-state index contributed by atoms with van der Waals surface area (Å²) >= 11 is 0. The normalized spacial score (nSPS) is 25.1. The van der Waals surface area contributed by atoms with Crippen LogP contribution in [0.3, 0.4) is 0 Å². The Kier molecular flexibility index (Phi) is 3.54. The van der Waals surface area contributed by atoms with Gasteiger partial charge in [-0.2, -0.15) is 0 Å². The third-order valence-corrected chi connectivity index (χ3v) is 2.80. The zero-order valence-electron chi connectivity index (χ0n) is 8.89. The predicted octanol–water partition coefficient (Wildman–Crippen LogP) is 0.656. The van der Waals surface area contributed by atoms with Crippen LogP contribution in [-0.2, 0) is 4.79 Å². The number of nitrogens with one attached hydrogen (secondary N) is 2. The lowest BCUT2D eigenvalue weighted by Gasteiger charge is -2.25. The number of hydrogen-bond acceptors (Lipinski definition) is 2. The Balaban J connectivity index is 2.51. The van der Waals surface area contributed by atoms with Gasteiger partial charge >= 0.3 is 0 Å². The smallest absolute Gasteiger partial charge is 0.238 e. The molecule has 1 saturated heterocycles. The van der Waals surface area contributed by atoms with Gasteiger partial charge in [0, 0.05) is 0 Å². The fraction of sp³-hybridized carbons (Fsp3) is 0.727. The van der Waals surface area contributed by atoms with E-state index in [1.807, 2.05) is 13.8 Å². The fourth-order valence-corrected chi connectivity index (χ4v) is 1.49. The third kappa shape index (κ3) is 2.49. The second-order valence-electron chi connectivity index (χ2n) is 3.97. The number of carbonyl (C=O) groups excluding carboxylic acids is 1. The maximum atomic E-state index is 11.7. The summed E-state index contributed by atoms with van der Waals surface area (Å²) in [7, 11) is 0. The Morgan fingerprint density at radius 3 is 2.93 bits per heavy atom. The van der Waals surface area contributed by atoms with Crippen LogP contribution in [0.5, 0.6) is 0 Å². The van der Waals surface area contributed by atoms with E-state index in [9.17, 15) is 4.79 Å². The van der Waals surface area contributed by atoms with Gasteiger partial charge < -0.3 is 10.6 Å². The van der Waals surface area contributed by atoms with Crippen LogP contribution in [0.1, 0.15) is 33.1 Å². The molecule has 0 aromatic carbocycles. The molecule has 14 heavy (non-hydrogen) atoms. The molecule has 1 aliphatic rings. The van der Waals surface area contributed by atoms with Crippen molar-refractivity contribution in [3.63, 3.8) is 0 Å². The lowest BCUT2D eigenvalue weighted by atomic mass is 9.99. The van der Waals surface area contributed by atoms with Crippen molar-refractivity contribution in [2.24, 2.45) is 0 Å². The zero-order chi connectivity index (χ0) is 10.6. The summed E-state index contributed by atoms with van der Waals surface area (Å²) in [6.07, 6.45) is 8.11. The van der Waals surface area contributed by atoms with E-state index in [1.165, 1.54) is 0 Å². The van der Waals surface area contributed by atoms with Crippen LogP contribution in [0.4, 0.5) is 0 Å². The molecule has 3 nitrogen and oxygen atoms in total. The van der Waals surface area contributed by atoms with Crippen LogP contribution < -0.4 is 10.6 Å². The number of rotatable bonds is 3. The van der Waals surface area contributed by atoms with Gasteiger partial charge in [-0.3, -0.25) is 4.79 Å². The highest BCUT2D eigenvalue weighted by Crippen LogP contribution is 2.10. The van der Waals surface area contributed by atoms with Gasteiger partial charge in [-0.1, -0.05) is 12.8 Å². The van der Waals surface area contributed by atoms with Gasteiger partial charge in [0.2, 0.25) is 5.91 Å². The van der Waals surface area contributed by atoms with Crippen molar-refractivity contribution in [2.45, 2.75) is 44.7 Å². The van der Waals surface area contributed by atoms with E-state index in [-0.39, 0.29) is 11.9 Å². The summed E-state index contributed by atoms with van der Waals surface area (Å²) in [4.78, 5) is 11.7. The summed E-state index contributed by atoms with van der Waals surface area (Å²) in [5, 5.41) is 6.04. The Morgan fingerprint density at radius 1 is 1.79 bits per heavy atom. The molecule has 3 heteroatoms. The molecular weight excluding hydrogens is 176 g/mol. The van der Waals surface area contributed by atoms with E-state index < -0.39 is 5.54 Å². The average molecular weight is 194 g/mol. The fourth-order valence-electron chi connectivity index (χ4n) is 1.49. The average Bonchev–Trinajstić information content (AvgIpc) is 2.70. The molecule has 78 valence electrons. The number of terminal acetylenes is 1. The molecule has 1 amide bonds. The molecule has 2 atom stereocenters. The van der Waals surface area contributed by atoms with Crippen molar-refractivity contribution >= 4 is 5.91 Å². The molecule has 0 aromatic rings. The van der Waals surface area contributed by atoms with Gasteiger partial charge in [0.15, 0.2) is 0 Å². The molecule has 0 spiro atoms. The van der Waals surface area contributed by atoms with Crippen molar-refractivity contribution < 1.29 is 4.79 Å². The van der Waals surface area contributed by atoms with E-state index in [2.05, 4.69) is 16.6 Å². The first-order chi connectivity index (χ1) is 6.61. The van der Waals surface area contributed by atoms with Gasteiger partial charge in [0.05, 0.1) is 11.6 Å². The summed E-state index contributed by atoms with van der Waals surface area (Å²) < 4.78 is 0. The van der Waals surface area contributed by atoms with Gasteiger partial charge in [0.25, 0.3) is 0 Å². The molecule has 1 aliphatic heterocycles. The molecule has 1 fully saturated rings. The second kappa shape index (κ2) is 4.47. The van der Waals surface area contributed by atoms with Crippen molar-refractivity contribution in [1.29, 1.82) is 0 Å². The van der Waals surface area contributed by atoms with Crippen LogP contribution >= 0.6 is 0 Å². The van der Waals surface area contributed by atoms with E-state index in [4.69, 9.17) is 6.42 Å². The van der Waals surface area contributed by atoms with Crippen LogP contribution in [0.2, 0.25) is 0 Å². The van der Waals surface area contributed by atoms with Gasteiger partial charge in [-0.05, 0) is 32.7 Å². The monoisotopic (exact) mass is 194 g/mol. The van der Waals surface area contributed by atoms with E-state index in [1.54, 1.807) is 0 Å². The predicted molar refractivity (Wildman–Crippen MR) is 56.7 cm³/mol. The van der Waals surface area contributed by atoms with Crippen LogP contribution in [0.15, 0.2) is 0 Å².